The lowest BCUT2D eigenvalue weighted by Crippen LogP contribution is -2.41. The van der Waals surface area contributed by atoms with Crippen molar-refractivity contribution in [2.45, 2.75) is 6.10 Å². The van der Waals surface area contributed by atoms with Crippen molar-refractivity contribution in [2.75, 3.05) is 19.7 Å². The monoisotopic (exact) mass is 250 g/mol. The molecule has 96 valence electrons. The van der Waals surface area contributed by atoms with E-state index in [1.165, 1.54) is 0 Å². The summed E-state index contributed by atoms with van der Waals surface area (Å²) in [6.45, 7) is 1.73. The standard InChI is InChI=1S/C11H15BN2O4/c13-11(15)7-2-1-3-8(12(16)17)10(7)9-6-14-4-5-18-9/h1-3,9,14,16-17H,4-6H2,(H2,13,15). The van der Waals surface area contributed by atoms with Crippen LogP contribution in [0.2, 0.25) is 0 Å². The van der Waals surface area contributed by atoms with Crippen molar-refractivity contribution in [1.29, 1.82) is 0 Å². The summed E-state index contributed by atoms with van der Waals surface area (Å²) >= 11 is 0. The molecule has 7 heteroatoms. The Morgan fingerprint density at radius 2 is 2.28 bits per heavy atom. The Bertz CT molecular complexity index is 447. The summed E-state index contributed by atoms with van der Waals surface area (Å²) in [7, 11) is -1.66. The molecule has 1 saturated heterocycles. The number of carbonyl (C=O) groups is 1. The van der Waals surface area contributed by atoms with Crippen molar-refractivity contribution in [3.63, 3.8) is 0 Å². The maximum absolute atomic E-state index is 11.4. The van der Waals surface area contributed by atoms with Gasteiger partial charge in [-0.3, -0.25) is 4.79 Å². The molecule has 1 aliphatic heterocycles. The lowest BCUT2D eigenvalue weighted by Gasteiger charge is -2.27. The number of amides is 1. The molecule has 1 unspecified atom stereocenters. The molecule has 1 heterocycles. The summed E-state index contributed by atoms with van der Waals surface area (Å²) in [6, 6.07) is 4.67. The molecule has 1 aromatic carbocycles. The van der Waals surface area contributed by atoms with Crippen molar-refractivity contribution < 1.29 is 19.6 Å². The van der Waals surface area contributed by atoms with E-state index in [9.17, 15) is 14.8 Å². The lowest BCUT2D eigenvalue weighted by molar-refractivity contribution is 0.0276. The first-order valence-electron chi connectivity index (χ1n) is 5.72. The van der Waals surface area contributed by atoms with Crippen LogP contribution in [0.15, 0.2) is 18.2 Å². The second-order valence-electron chi connectivity index (χ2n) is 4.11. The molecular formula is C11H15BN2O4. The predicted octanol–water partition coefficient (Wildman–Crippen LogP) is -1.87. The highest BCUT2D eigenvalue weighted by Crippen LogP contribution is 2.21. The molecule has 1 atom stereocenters. The fourth-order valence-electron chi connectivity index (χ4n) is 2.13. The van der Waals surface area contributed by atoms with Crippen LogP contribution in [-0.4, -0.2) is 42.8 Å². The van der Waals surface area contributed by atoms with Gasteiger partial charge in [0, 0.05) is 18.7 Å². The maximum atomic E-state index is 11.4. The normalized spacial score (nSPS) is 19.6. The van der Waals surface area contributed by atoms with Gasteiger partial charge in [-0.05, 0) is 17.1 Å². The molecule has 0 spiro atoms. The summed E-state index contributed by atoms with van der Waals surface area (Å²) < 4.78 is 5.55. The van der Waals surface area contributed by atoms with Crippen LogP contribution in [0.25, 0.3) is 0 Å². The largest absolute Gasteiger partial charge is 0.488 e. The number of morpholine rings is 1. The number of benzene rings is 1. The Labute approximate surface area is 105 Å². The maximum Gasteiger partial charge on any atom is 0.488 e. The average Bonchev–Trinajstić information content (AvgIpc) is 2.38. The van der Waals surface area contributed by atoms with E-state index in [0.29, 0.717) is 18.7 Å². The highest BCUT2D eigenvalue weighted by Gasteiger charge is 2.28. The minimum absolute atomic E-state index is 0.250. The molecular weight excluding hydrogens is 235 g/mol. The number of hydrogen-bond donors (Lipinski definition) is 4. The number of carbonyl (C=O) groups excluding carboxylic acids is 1. The number of hydrogen-bond acceptors (Lipinski definition) is 5. The number of primary amides is 1. The number of nitrogens with two attached hydrogens (primary N) is 1. The fourth-order valence-corrected chi connectivity index (χ4v) is 2.13. The van der Waals surface area contributed by atoms with Gasteiger partial charge in [-0.2, -0.15) is 0 Å². The summed E-state index contributed by atoms with van der Waals surface area (Å²) in [5.74, 6) is -0.610. The zero-order chi connectivity index (χ0) is 13.1. The van der Waals surface area contributed by atoms with E-state index < -0.39 is 19.1 Å². The van der Waals surface area contributed by atoms with E-state index in [-0.39, 0.29) is 11.0 Å². The van der Waals surface area contributed by atoms with E-state index in [1.54, 1.807) is 18.2 Å². The first-order valence-corrected chi connectivity index (χ1v) is 5.72. The molecule has 6 nitrogen and oxygen atoms in total. The van der Waals surface area contributed by atoms with Crippen LogP contribution in [0.4, 0.5) is 0 Å². The second kappa shape index (κ2) is 5.49. The molecule has 1 aromatic rings. The van der Waals surface area contributed by atoms with Crippen molar-refractivity contribution >= 4 is 18.5 Å². The van der Waals surface area contributed by atoms with Gasteiger partial charge in [-0.1, -0.05) is 12.1 Å². The fraction of sp³-hybridized carbons (Fsp3) is 0.364. The zero-order valence-electron chi connectivity index (χ0n) is 9.80. The van der Waals surface area contributed by atoms with Crippen LogP contribution in [0, 0.1) is 0 Å². The first kappa shape index (κ1) is 13.0. The summed E-state index contributed by atoms with van der Waals surface area (Å²) in [5, 5.41) is 21.9. The van der Waals surface area contributed by atoms with Crippen LogP contribution in [0.3, 0.4) is 0 Å². The Morgan fingerprint density at radius 3 is 2.83 bits per heavy atom. The van der Waals surface area contributed by atoms with E-state index in [2.05, 4.69) is 5.32 Å². The first-order chi connectivity index (χ1) is 8.61. The van der Waals surface area contributed by atoms with Crippen LogP contribution in [0.1, 0.15) is 22.0 Å². The van der Waals surface area contributed by atoms with Crippen molar-refractivity contribution in [3.05, 3.63) is 29.3 Å². The SMILES string of the molecule is NC(=O)c1cccc(B(O)O)c1C1CNCCO1. The minimum Gasteiger partial charge on any atom is -0.423 e. The number of nitrogens with one attached hydrogen (secondary N) is 1. The minimum atomic E-state index is -1.66. The van der Waals surface area contributed by atoms with Gasteiger partial charge in [0.25, 0.3) is 0 Å². The van der Waals surface area contributed by atoms with Gasteiger partial charge in [-0.25, -0.2) is 0 Å². The molecule has 0 bridgehead atoms. The van der Waals surface area contributed by atoms with E-state index >= 15 is 0 Å². The number of ether oxygens (including phenoxy) is 1. The van der Waals surface area contributed by atoms with Gasteiger partial charge in [0.2, 0.25) is 5.91 Å². The van der Waals surface area contributed by atoms with Gasteiger partial charge >= 0.3 is 7.12 Å². The van der Waals surface area contributed by atoms with Crippen molar-refractivity contribution in [1.82, 2.24) is 5.32 Å². The van der Waals surface area contributed by atoms with E-state index in [4.69, 9.17) is 10.5 Å². The topological polar surface area (TPSA) is 105 Å². The Kier molecular flexibility index (Phi) is 3.98. The average molecular weight is 250 g/mol. The van der Waals surface area contributed by atoms with Gasteiger partial charge in [0.05, 0.1) is 12.7 Å². The number of rotatable bonds is 3. The molecule has 0 saturated carbocycles. The highest BCUT2D eigenvalue weighted by molar-refractivity contribution is 6.59. The molecule has 1 aliphatic rings. The molecule has 2 rings (SSSR count). The molecule has 1 amide bonds. The third-order valence-corrected chi connectivity index (χ3v) is 2.93. The van der Waals surface area contributed by atoms with Gasteiger partial charge in [0.15, 0.2) is 0 Å². The summed E-state index contributed by atoms with van der Waals surface area (Å²) in [4.78, 5) is 11.4. The molecule has 0 radical (unpaired) electrons. The van der Waals surface area contributed by atoms with E-state index in [1.807, 2.05) is 0 Å². The predicted molar refractivity (Wildman–Crippen MR) is 66.3 cm³/mol. The Balaban J connectivity index is 2.48. The smallest absolute Gasteiger partial charge is 0.423 e. The summed E-state index contributed by atoms with van der Waals surface area (Å²) in [5.41, 5.74) is 6.27. The molecule has 0 aliphatic carbocycles. The molecule has 18 heavy (non-hydrogen) atoms. The Morgan fingerprint density at radius 1 is 1.50 bits per heavy atom. The van der Waals surface area contributed by atoms with Gasteiger partial charge in [-0.15, -0.1) is 0 Å². The molecule has 1 fully saturated rings. The van der Waals surface area contributed by atoms with Crippen LogP contribution >= 0.6 is 0 Å². The zero-order valence-corrected chi connectivity index (χ0v) is 9.80. The molecule has 5 N–H and O–H groups in total. The van der Waals surface area contributed by atoms with Crippen LogP contribution in [0.5, 0.6) is 0 Å². The van der Waals surface area contributed by atoms with Crippen molar-refractivity contribution in [2.24, 2.45) is 5.73 Å². The van der Waals surface area contributed by atoms with Crippen molar-refractivity contribution in [3.8, 4) is 0 Å². The third-order valence-electron chi connectivity index (χ3n) is 2.93. The Hall–Kier alpha value is -1.41. The third kappa shape index (κ3) is 2.54. The highest BCUT2D eigenvalue weighted by atomic mass is 16.5. The summed E-state index contributed by atoms with van der Waals surface area (Å²) in [6.07, 6.45) is -0.403. The van der Waals surface area contributed by atoms with Gasteiger partial charge in [0.1, 0.15) is 0 Å². The van der Waals surface area contributed by atoms with E-state index in [0.717, 1.165) is 6.54 Å². The van der Waals surface area contributed by atoms with Gasteiger partial charge < -0.3 is 25.8 Å². The lowest BCUT2D eigenvalue weighted by atomic mass is 9.74. The quantitative estimate of drug-likeness (QED) is 0.470. The van der Waals surface area contributed by atoms with Crippen LogP contribution < -0.4 is 16.5 Å². The van der Waals surface area contributed by atoms with Crippen LogP contribution in [-0.2, 0) is 4.74 Å². The molecule has 0 aromatic heterocycles. The second-order valence-corrected chi connectivity index (χ2v) is 4.11.